The van der Waals surface area contributed by atoms with E-state index in [-0.39, 0.29) is 91.9 Å². The standard InChI is InChI=1S/C70H114N10O14/c1-24-46-34-56(83)61(62(85)43(14)33-57-72-49-27-25-26-47(70(93)94)59(49)73-57)80(23)69(92)60(42(12)13)79(22)68(91)53(31-40(8)9)78(21)67(90)52(30-39(6)7)77(20)64(87)45(16)71-63(86)44(15)32-54(81)51(29-38(4)5)76(19)66(89)48(41(10)11)35-55(82)50(28-37(2)3)75(18)58(84)36-74(17)65(46)88/h25-27,37-46,48,50-53,60-62,85H,24,28-36H2,1-23H3,(H,71,86)(H,72,73)(H,93,94)/t43-,44-,45-,46-,48+,50+,51+,52+,53+,60+,61-,62-/m1/s1. The third kappa shape index (κ3) is 20.9. The normalized spacial score (nSPS) is 25.6. The summed E-state index contributed by atoms with van der Waals surface area (Å²) >= 11 is 0. The summed E-state index contributed by atoms with van der Waals surface area (Å²) in [5, 5.41) is 25.3. The van der Waals surface area contributed by atoms with Crippen molar-refractivity contribution in [3.63, 3.8) is 0 Å². The second kappa shape index (κ2) is 35.6. The Morgan fingerprint density at radius 1 is 0.553 bits per heavy atom. The number of carbonyl (C=O) groups excluding carboxylic acids is 11. The summed E-state index contributed by atoms with van der Waals surface area (Å²) in [7, 11) is 10.0. The second-order valence-corrected chi connectivity index (χ2v) is 29.1. The molecule has 0 aliphatic carbocycles. The number of fused-ring (bicyclic) bond motifs is 1. The van der Waals surface area contributed by atoms with Crippen molar-refractivity contribution in [2.45, 2.75) is 217 Å². The van der Waals surface area contributed by atoms with Crippen LogP contribution in [0.3, 0.4) is 0 Å². The van der Waals surface area contributed by atoms with Crippen LogP contribution in [0.25, 0.3) is 11.0 Å². The number of benzene rings is 1. The van der Waals surface area contributed by atoms with Crippen molar-refractivity contribution in [1.29, 1.82) is 0 Å². The third-order valence-corrected chi connectivity index (χ3v) is 18.6. The first-order valence-corrected chi connectivity index (χ1v) is 33.6. The predicted molar refractivity (Wildman–Crippen MR) is 359 cm³/mol. The smallest absolute Gasteiger partial charge is 0.337 e. The summed E-state index contributed by atoms with van der Waals surface area (Å²) < 4.78 is 0. The van der Waals surface area contributed by atoms with Gasteiger partial charge in [0.2, 0.25) is 47.3 Å². The number of Topliss-reactive ketones (excluding diaryl/α,β-unsaturated/α-hetero) is 3. The molecule has 8 amide bonds. The number of aliphatic hydroxyl groups is 1. The van der Waals surface area contributed by atoms with Crippen LogP contribution >= 0.6 is 0 Å². The van der Waals surface area contributed by atoms with E-state index in [1.807, 2.05) is 55.4 Å². The van der Waals surface area contributed by atoms with Gasteiger partial charge >= 0.3 is 5.97 Å². The number of hydrogen-bond acceptors (Lipinski definition) is 14. The van der Waals surface area contributed by atoms with E-state index >= 15 is 19.2 Å². The van der Waals surface area contributed by atoms with Crippen LogP contribution in [0.2, 0.25) is 0 Å². The fourth-order valence-electron chi connectivity index (χ4n) is 12.8. The van der Waals surface area contributed by atoms with Gasteiger partial charge < -0.3 is 54.8 Å². The van der Waals surface area contributed by atoms with Crippen molar-refractivity contribution in [3.8, 4) is 0 Å². The van der Waals surface area contributed by atoms with E-state index in [9.17, 15) is 48.6 Å². The fraction of sp³-hybridized carbons (Fsp3) is 0.729. The molecular weight excluding hydrogens is 1200 g/mol. The van der Waals surface area contributed by atoms with Crippen molar-refractivity contribution < 1.29 is 67.7 Å². The second-order valence-electron chi connectivity index (χ2n) is 29.1. The zero-order chi connectivity index (χ0) is 72.0. The van der Waals surface area contributed by atoms with E-state index in [1.165, 1.54) is 86.8 Å². The lowest BCUT2D eigenvalue weighted by Crippen LogP contribution is -2.62. The number of imidazole rings is 1. The highest BCUT2D eigenvalue weighted by Gasteiger charge is 2.46. The van der Waals surface area contributed by atoms with Gasteiger partial charge in [-0.3, -0.25) is 52.7 Å². The molecule has 0 spiro atoms. The molecule has 94 heavy (non-hydrogen) atoms. The van der Waals surface area contributed by atoms with Crippen LogP contribution in [-0.2, 0) is 59.2 Å². The van der Waals surface area contributed by atoms with E-state index in [0.29, 0.717) is 5.52 Å². The van der Waals surface area contributed by atoms with E-state index < -0.39 is 167 Å². The first-order valence-electron chi connectivity index (χ1n) is 33.6. The van der Waals surface area contributed by atoms with Crippen molar-refractivity contribution in [2.24, 2.45) is 59.2 Å². The molecule has 2 heterocycles. The number of H-pyrrole nitrogens is 1. The highest BCUT2D eigenvalue weighted by atomic mass is 16.4. The summed E-state index contributed by atoms with van der Waals surface area (Å²) in [5.74, 6) is -13.0. The van der Waals surface area contributed by atoms with Crippen LogP contribution in [0.5, 0.6) is 0 Å². The number of aromatic amines is 1. The Balaban J connectivity index is 2.34. The van der Waals surface area contributed by atoms with Crippen LogP contribution in [-0.4, -0.2) is 229 Å². The van der Waals surface area contributed by atoms with Crippen molar-refractivity contribution in [3.05, 3.63) is 29.6 Å². The SMILES string of the molecule is CC[C@@H]1CC(=O)[C@H]([C@H](O)[C@H](C)Cc2nc3c(C(=O)O)cccc3[nH]2)N(C)C(=O)[C@H](C(C)C)N(C)C(=O)[C@H](CC(C)C)N(C)C(=O)[C@H](CC(C)C)N(C)C(=O)[C@@H](C)NC(=O)[C@H](C)CC(=O)[C@H](CC(C)C)N(C)C(=O)[C@H](C(C)C)CC(=O)[C@H](CC(C)C)N(C)C(=O)CN(C)C1=O. The molecule has 0 saturated carbocycles. The van der Waals surface area contributed by atoms with Gasteiger partial charge in [-0.1, -0.05) is 110 Å². The van der Waals surface area contributed by atoms with Gasteiger partial charge in [-0.15, -0.1) is 0 Å². The van der Waals surface area contributed by atoms with E-state index in [4.69, 9.17) is 0 Å². The number of aromatic nitrogens is 2. The first-order chi connectivity index (χ1) is 43.5. The molecule has 528 valence electrons. The number of rotatable bonds is 16. The van der Waals surface area contributed by atoms with Crippen molar-refractivity contribution in [2.75, 3.05) is 55.9 Å². The van der Waals surface area contributed by atoms with Gasteiger partial charge in [-0.05, 0) is 92.6 Å². The quantitative estimate of drug-likeness (QED) is 0.141. The average molecular weight is 1320 g/mol. The minimum Gasteiger partial charge on any atom is -0.478 e. The molecule has 1 saturated heterocycles. The monoisotopic (exact) mass is 1320 g/mol. The lowest BCUT2D eigenvalue weighted by Gasteiger charge is -2.41. The largest absolute Gasteiger partial charge is 0.478 e. The number of carboxylic acid groups (broad SMARTS) is 1. The lowest BCUT2D eigenvalue weighted by molar-refractivity contribution is -0.157. The molecule has 1 aromatic heterocycles. The van der Waals surface area contributed by atoms with Crippen LogP contribution in [0.1, 0.15) is 178 Å². The molecule has 0 bridgehead atoms. The molecule has 3 rings (SSSR count). The van der Waals surface area contributed by atoms with Crippen LogP contribution in [0.4, 0.5) is 0 Å². The van der Waals surface area contributed by atoms with Crippen molar-refractivity contribution >= 4 is 81.6 Å². The molecule has 0 unspecified atom stereocenters. The number of aliphatic hydroxyl groups excluding tert-OH is 1. The zero-order valence-corrected chi connectivity index (χ0v) is 60.6. The fourth-order valence-corrected chi connectivity index (χ4v) is 12.8. The minimum atomic E-state index is -1.67. The van der Waals surface area contributed by atoms with Gasteiger partial charge in [0.15, 0.2) is 17.3 Å². The Morgan fingerprint density at radius 3 is 1.51 bits per heavy atom. The Hall–Kier alpha value is -7.11. The van der Waals surface area contributed by atoms with Gasteiger partial charge in [0.1, 0.15) is 41.6 Å². The Kier molecular flexibility index (Phi) is 30.7. The molecule has 1 aliphatic heterocycles. The van der Waals surface area contributed by atoms with Gasteiger partial charge in [-0.2, -0.15) is 0 Å². The van der Waals surface area contributed by atoms with Gasteiger partial charge in [0, 0.05) is 92.8 Å². The minimum absolute atomic E-state index is 0.0463. The van der Waals surface area contributed by atoms with Gasteiger partial charge in [-0.25, -0.2) is 9.78 Å². The topological polar surface area (TPSA) is 309 Å². The highest BCUT2D eigenvalue weighted by molar-refractivity contribution is 6.02. The molecule has 2 aromatic rings. The predicted octanol–water partition coefficient (Wildman–Crippen LogP) is 6.39. The number of ketones is 3. The summed E-state index contributed by atoms with van der Waals surface area (Å²) in [5.41, 5.74) is 0.517. The number of para-hydroxylation sites is 1. The Bertz CT molecular complexity index is 3010. The number of carbonyl (C=O) groups is 12. The molecule has 1 aromatic carbocycles. The maximum atomic E-state index is 15.5. The van der Waals surface area contributed by atoms with Gasteiger partial charge in [0.25, 0.3) is 0 Å². The summed E-state index contributed by atoms with van der Waals surface area (Å²) in [6.07, 6.45) is -2.07. The molecule has 24 nitrogen and oxygen atoms in total. The molecule has 12 atom stereocenters. The van der Waals surface area contributed by atoms with Crippen LogP contribution in [0, 0.1) is 59.2 Å². The van der Waals surface area contributed by atoms with E-state index in [2.05, 4.69) is 15.3 Å². The molecule has 24 heteroatoms. The highest BCUT2D eigenvalue weighted by Crippen LogP contribution is 2.30. The lowest BCUT2D eigenvalue weighted by atomic mass is 9.84. The molecular formula is C70H114N10O14. The number of hydrogen-bond donors (Lipinski definition) is 4. The molecule has 1 fully saturated rings. The zero-order valence-electron chi connectivity index (χ0n) is 60.6. The van der Waals surface area contributed by atoms with Crippen molar-refractivity contribution in [1.82, 2.24) is 49.6 Å². The van der Waals surface area contributed by atoms with Gasteiger partial charge in [0.05, 0.1) is 35.8 Å². The van der Waals surface area contributed by atoms with Crippen LogP contribution < -0.4 is 5.32 Å². The number of aromatic carboxylic acids is 1. The van der Waals surface area contributed by atoms with Crippen LogP contribution in [0.15, 0.2) is 18.2 Å². The summed E-state index contributed by atoms with van der Waals surface area (Å²) in [6, 6.07) is -3.99. The number of nitrogens with one attached hydrogen (secondary N) is 2. The number of likely N-dealkylation sites (N-methyl/N-ethyl adjacent to an activating group) is 7. The number of amides is 8. The molecule has 0 radical (unpaired) electrons. The Morgan fingerprint density at radius 2 is 1.02 bits per heavy atom. The van der Waals surface area contributed by atoms with E-state index in [0.717, 1.165) is 9.80 Å². The maximum Gasteiger partial charge on any atom is 0.337 e. The first kappa shape index (κ1) is 81.1. The summed E-state index contributed by atoms with van der Waals surface area (Å²) in [4.78, 5) is 191. The average Bonchev–Trinajstić information content (AvgIpc) is 1.19. The van der Waals surface area contributed by atoms with E-state index in [1.54, 1.807) is 60.6 Å². The number of carboxylic acids is 1. The Labute approximate surface area is 558 Å². The molecule has 4 N–H and O–H groups in total. The summed E-state index contributed by atoms with van der Waals surface area (Å²) in [6.45, 7) is 27.8. The molecule has 1 aliphatic rings. The third-order valence-electron chi connectivity index (χ3n) is 18.6. The number of nitrogens with zero attached hydrogens (tertiary/aromatic N) is 8. The maximum absolute atomic E-state index is 15.5.